The highest BCUT2D eigenvalue weighted by Crippen LogP contribution is 2.63. The number of hydrogen-bond donors (Lipinski definition) is 1. The molecule has 1 unspecified atom stereocenters. The number of nitrogens with one attached hydrogen (secondary N) is 1. The van der Waals surface area contributed by atoms with Crippen molar-refractivity contribution < 1.29 is 0 Å². The van der Waals surface area contributed by atoms with Crippen LogP contribution in [0.4, 0.5) is 22.7 Å². The van der Waals surface area contributed by atoms with Gasteiger partial charge in [0.25, 0.3) is 0 Å². The van der Waals surface area contributed by atoms with E-state index in [1.165, 1.54) is 111 Å². The van der Waals surface area contributed by atoms with Crippen molar-refractivity contribution in [1.82, 2.24) is 0 Å². The molecule has 354 valence electrons. The Bertz CT molecular complexity index is 3840. The minimum atomic E-state index is -0.505. The maximum Gasteiger partial charge on any atom is 0.0683 e. The van der Waals surface area contributed by atoms with E-state index in [1.54, 1.807) is 0 Å². The van der Waals surface area contributed by atoms with Crippen LogP contribution in [0.15, 0.2) is 218 Å². The van der Waals surface area contributed by atoms with E-state index in [0.29, 0.717) is 0 Å². The first-order valence-corrected chi connectivity index (χ1v) is 26.0. The van der Waals surface area contributed by atoms with Gasteiger partial charge in [0.15, 0.2) is 0 Å². The van der Waals surface area contributed by atoms with Crippen LogP contribution in [0.5, 0.6) is 0 Å². The highest BCUT2D eigenvalue weighted by Gasteiger charge is 2.52. The van der Waals surface area contributed by atoms with Crippen LogP contribution in [0.3, 0.4) is 0 Å². The van der Waals surface area contributed by atoms with Crippen LogP contribution in [0.1, 0.15) is 91.6 Å². The van der Waals surface area contributed by atoms with E-state index < -0.39 is 5.41 Å². The number of benzene rings is 9. The van der Waals surface area contributed by atoms with Gasteiger partial charge in [0.05, 0.1) is 5.41 Å². The summed E-state index contributed by atoms with van der Waals surface area (Å²) in [5.41, 5.74) is 31.2. The molecule has 4 aliphatic carbocycles. The van der Waals surface area contributed by atoms with Gasteiger partial charge >= 0.3 is 0 Å². The van der Waals surface area contributed by atoms with Crippen molar-refractivity contribution in [1.29, 1.82) is 0 Å². The van der Waals surface area contributed by atoms with Crippen molar-refractivity contribution in [3.05, 3.63) is 268 Å². The van der Waals surface area contributed by atoms with E-state index in [4.69, 9.17) is 0 Å². The molecule has 9 aromatic carbocycles. The highest BCUT2D eigenvalue weighted by molar-refractivity contribution is 5.94. The van der Waals surface area contributed by atoms with Crippen LogP contribution < -0.4 is 10.2 Å². The predicted molar refractivity (Wildman–Crippen MR) is 310 cm³/mol. The topological polar surface area (TPSA) is 15.3 Å². The van der Waals surface area contributed by atoms with Gasteiger partial charge in [0, 0.05) is 40.6 Å². The van der Waals surface area contributed by atoms with Crippen LogP contribution in [0.25, 0.3) is 61.7 Å². The molecule has 0 amide bonds. The third kappa shape index (κ3) is 6.56. The average molecular weight is 941 g/mol. The van der Waals surface area contributed by atoms with Crippen molar-refractivity contribution in [2.24, 2.45) is 0 Å². The summed E-state index contributed by atoms with van der Waals surface area (Å²) in [6.45, 7) is 17.9. The van der Waals surface area contributed by atoms with Gasteiger partial charge in [-0.05, 0) is 192 Å². The molecule has 0 fully saturated rings. The minimum absolute atomic E-state index is 0.0951. The van der Waals surface area contributed by atoms with E-state index in [0.717, 1.165) is 34.7 Å². The molecule has 0 radical (unpaired) electrons. The number of nitrogens with zero attached hydrogens (tertiary/aromatic N) is 1. The van der Waals surface area contributed by atoms with E-state index in [2.05, 4.69) is 259 Å². The third-order valence-corrected chi connectivity index (χ3v) is 17.2. The molecule has 9 aromatic rings. The molecule has 73 heavy (non-hydrogen) atoms. The molecule has 2 heteroatoms. The second-order valence-electron chi connectivity index (χ2n) is 21.8. The van der Waals surface area contributed by atoms with Crippen molar-refractivity contribution in [2.45, 2.75) is 64.2 Å². The Kier molecular flexibility index (Phi) is 10.1. The van der Waals surface area contributed by atoms with Gasteiger partial charge < -0.3 is 10.2 Å². The van der Waals surface area contributed by atoms with Crippen molar-refractivity contribution in [2.75, 3.05) is 17.3 Å². The van der Waals surface area contributed by atoms with E-state index >= 15 is 0 Å². The molecule has 4 aliphatic rings. The van der Waals surface area contributed by atoms with Crippen molar-refractivity contribution in [3.63, 3.8) is 0 Å². The summed E-state index contributed by atoms with van der Waals surface area (Å²) in [6, 6.07) is 71.7. The summed E-state index contributed by atoms with van der Waals surface area (Å²) in [4.78, 5) is 2.48. The molecule has 1 N–H and O–H groups in total. The molecule has 13 rings (SSSR count). The summed E-state index contributed by atoms with van der Waals surface area (Å²) in [5.74, 6) is 0. The van der Waals surface area contributed by atoms with Crippen molar-refractivity contribution in [3.8, 4) is 55.6 Å². The summed E-state index contributed by atoms with van der Waals surface area (Å²) >= 11 is 0. The third-order valence-electron chi connectivity index (χ3n) is 17.2. The molecule has 0 aromatic heterocycles. The Balaban J connectivity index is 1.03. The van der Waals surface area contributed by atoms with Crippen LogP contribution >= 0.6 is 0 Å². The molecule has 1 spiro atoms. The maximum atomic E-state index is 3.98. The molecule has 0 bridgehead atoms. The van der Waals surface area contributed by atoms with Gasteiger partial charge in [0.1, 0.15) is 0 Å². The van der Waals surface area contributed by atoms with Crippen molar-refractivity contribution >= 4 is 28.8 Å². The van der Waals surface area contributed by atoms with E-state index in [9.17, 15) is 0 Å². The number of allylic oxidation sites excluding steroid dienone is 4. The Labute approximate surface area is 431 Å². The fourth-order valence-electron chi connectivity index (χ4n) is 13.3. The highest BCUT2D eigenvalue weighted by atomic mass is 15.1. The Morgan fingerprint density at radius 3 is 1.63 bits per heavy atom. The number of fused-ring (bicyclic) bond motifs is 13. The molecular weight excluding hydrogens is 881 g/mol. The van der Waals surface area contributed by atoms with Crippen LogP contribution in [-0.2, 0) is 22.7 Å². The molecule has 0 saturated carbocycles. The quantitative estimate of drug-likeness (QED) is 0.163. The molecule has 0 saturated heterocycles. The summed E-state index contributed by atoms with van der Waals surface area (Å²) in [7, 11) is 2.04. The van der Waals surface area contributed by atoms with Gasteiger partial charge in [-0.1, -0.05) is 185 Å². The first-order chi connectivity index (χ1) is 35.4. The van der Waals surface area contributed by atoms with E-state index in [-0.39, 0.29) is 10.8 Å². The Hall–Kier alpha value is -8.20. The zero-order valence-corrected chi connectivity index (χ0v) is 43.0. The SMILES string of the molecule is C=Cc1ccc(-c2ccc(N(c3ccc4c(c3)-c3ccc(-c5ccc6c(c5)C(C)(C)c5ccccc5-6)cc3C43/C(=C/C(C)=C\C)Cc4ccc(NC)cc43)c3ccc4c(c3)C(C)(C)c3ccccc3-4)cc2)cc1. The van der Waals surface area contributed by atoms with Crippen LogP contribution in [0, 0.1) is 0 Å². The second-order valence-corrected chi connectivity index (χ2v) is 21.8. The summed E-state index contributed by atoms with van der Waals surface area (Å²) in [6.07, 6.45) is 7.51. The normalized spacial score (nSPS) is 17.4. The molecule has 0 heterocycles. The molecule has 0 aliphatic heterocycles. The lowest BCUT2D eigenvalue weighted by molar-refractivity contribution is 0.660. The number of anilines is 4. The minimum Gasteiger partial charge on any atom is -0.388 e. The average Bonchev–Trinajstić information content (AvgIpc) is 4.06. The summed E-state index contributed by atoms with van der Waals surface area (Å²) < 4.78 is 0. The lowest BCUT2D eigenvalue weighted by atomic mass is 9.70. The zero-order chi connectivity index (χ0) is 50.0. The molecule has 2 nitrogen and oxygen atoms in total. The van der Waals surface area contributed by atoms with Gasteiger partial charge in [0.2, 0.25) is 0 Å². The fraction of sp³-hybridized carbons (Fsp3) is 0.155. The number of hydrogen-bond acceptors (Lipinski definition) is 2. The largest absolute Gasteiger partial charge is 0.388 e. The standard InChI is InChI=1S/C71H60N2/c1-9-44(3)37-51-38-50-23-28-52(72-8)41-65(50)71(51)64-36-32-54(42-61(64)60-34-27-49(40-68(60)71)48-26-33-58-56-15-11-13-17-62(56)69(4,5)66(58)39-48)73(53-29-24-47(25-30-53)46-21-19-45(10-2)20-22-46)55-31-35-59-57-16-12-14-18-63(57)70(6,7)67(59)43-55/h9-37,39-43,72H,2,38H2,1,3-8H3/b44-9-,51-37+. The number of rotatable bonds is 8. The lowest BCUT2D eigenvalue weighted by Crippen LogP contribution is -2.26. The smallest absolute Gasteiger partial charge is 0.0683 e. The monoisotopic (exact) mass is 940 g/mol. The maximum absolute atomic E-state index is 3.98. The van der Waals surface area contributed by atoms with Crippen LogP contribution in [0.2, 0.25) is 0 Å². The van der Waals surface area contributed by atoms with E-state index in [1.807, 2.05) is 13.1 Å². The van der Waals surface area contributed by atoms with Gasteiger partial charge in [-0.25, -0.2) is 0 Å². The first kappa shape index (κ1) is 44.7. The van der Waals surface area contributed by atoms with Gasteiger partial charge in [-0.15, -0.1) is 0 Å². The lowest BCUT2D eigenvalue weighted by Gasteiger charge is -2.32. The van der Waals surface area contributed by atoms with Gasteiger partial charge in [-0.2, -0.15) is 0 Å². The zero-order valence-electron chi connectivity index (χ0n) is 43.0. The van der Waals surface area contributed by atoms with Crippen LogP contribution in [-0.4, -0.2) is 7.05 Å². The Morgan fingerprint density at radius 2 is 1.00 bits per heavy atom. The van der Waals surface area contributed by atoms with Gasteiger partial charge in [-0.3, -0.25) is 0 Å². The predicted octanol–water partition coefficient (Wildman–Crippen LogP) is 18.6. The second kappa shape index (κ2) is 16.4. The summed E-state index contributed by atoms with van der Waals surface area (Å²) in [5, 5.41) is 3.52. The molecular formula is C71H60N2. The first-order valence-electron chi connectivity index (χ1n) is 26.0. The molecule has 1 atom stereocenters. The fourth-order valence-corrected chi connectivity index (χ4v) is 13.3. The Morgan fingerprint density at radius 1 is 0.479 bits per heavy atom.